The number of carbonyl (C=O) groups is 4. The maximum Gasteiger partial charge on any atom is 0.315 e. The number of thioether (sulfide) groups is 1. The molecule has 3 aliphatic rings. The first-order chi connectivity index (χ1) is 24.8. The van der Waals surface area contributed by atoms with Crippen LogP contribution in [0.3, 0.4) is 0 Å². The third kappa shape index (κ3) is 9.40. The van der Waals surface area contributed by atoms with Gasteiger partial charge < -0.3 is 26.6 Å². The van der Waals surface area contributed by atoms with Gasteiger partial charge in [0.15, 0.2) is 5.82 Å². The van der Waals surface area contributed by atoms with Gasteiger partial charge in [0, 0.05) is 64.7 Å². The molecular weight excluding hydrogens is 713 g/mol. The van der Waals surface area contributed by atoms with Crippen LogP contribution in [-0.4, -0.2) is 86.9 Å². The number of unbranched alkanes of at least 4 members (excludes halogenated alkanes) is 3. The monoisotopic (exact) mass is 753 g/mol. The van der Waals surface area contributed by atoms with Gasteiger partial charge in [0.1, 0.15) is 0 Å². The lowest BCUT2D eigenvalue weighted by molar-refractivity contribution is -0.122. The Hall–Kier alpha value is -4.14. The van der Waals surface area contributed by atoms with Crippen LogP contribution in [0.15, 0.2) is 47.5 Å². The van der Waals surface area contributed by atoms with Crippen molar-refractivity contribution in [3.05, 3.63) is 75.3 Å². The number of rotatable bonds is 16. The summed E-state index contributed by atoms with van der Waals surface area (Å²) >= 11 is 14.7. The van der Waals surface area contributed by atoms with Gasteiger partial charge >= 0.3 is 6.03 Å². The molecule has 0 aliphatic carbocycles. The smallest absolute Gasteiger partial charge is 0.315 e. The van der Waals surface area contributed by atoms with E-state index < -0.39 is 5.91 Å². The number of nitrogens with one attached hydrogen (secondary N) is 5. The average Bonchev–Trinajstić information content (AvgIpc) is 3.79. The van der Waals surface area contributed by atoms with Gasteiger partial charge in [0.05, 0.1) is 30.0 Å². The molecule has 4 heterocycles. The molecular formula is C35H41Cl2N9O4S. The molecule has 0 radical (unpaired) electrons. The van der Waals surface area contributed by atoms with Gasteiger partial charge in [0.25, 0.3) is 5.91 Å². The molecule has 6 rings (SSSR count). The zero-order valence-electron chi connectivity index (χ0n) is 28.1. The minimum absolute atomic E-state index is 0.0000418. The Balaban J connectivity index is 0.843. The highest BCUT2D eigenvalue weighted by atomic mass is 35.5. The molecule has 13 nitrogen and oxygen atoms in total. The molecule has 2 saturated heterocycles. The summed E-state index contributed by atoms with van der Waals surface area (Å²) in [6.07, 6.45) is 5.97. The number of benzene rings is 2. The van der Waals surface area contributed by atoms with E-state index in [-0.39, 0.29) is 55.4 Å². The van der Waals surface area contributed by atoms with Crippen LogP contribution >= 0.6 is 35.0 Å². The summed E-state index contributed by atoms with van der Waals surface area (Å²) < 4.78 is 1.60. The van der Waals surface area contributed by atoms with Crippen molar-refractivity contribution in [2.24, 2.45) is 4.99 Å². The molecule has 0 saturated carbocycles. The van der Waals surface area contributed by atoms with Crippen LogP contribution in [0.2, 0.25) is 10.0 Å². The largest absolute Gasteiger partial charge is 0.356 e. The van der Waals surface area contributed by atoms with E-state index in [9.17, 15) is 19.2 Å². The lowest BCUT2D eigenvalue weighted by Crippen LogP contribution is -2.36. The van der Waals surface area contributed by atoms with E-state index in [0.717, 1.165) is 49.0 Å². The fraction of sp³-hybridized carbons (Fsp3) is 0.457. The quantitative estimate of drug-likeness (QED) is 0.108. The Kier molecular flexibility index (Phi) is 12.5. The van der Waals surface area contributed by atoms with Gasteiger partial charge in [-0.1, -0.05) is 54.2 Å². The van der Waals surface area contributed by atoms with Crippen LogP contribution in [-0.2, 0) is 16.1 Å². The molecule has 0 bridgehead atoms. The van der Waals surface area contributed by atoms with Crippen LogP contribution in [0.1, 0.15) is 78.9 Å². The number of aromatic nitrogens is 3. The van der Waals surface area contributed by atoms with E-state index in [4.69, 9.17) is 28.2 Å². The molecule has 270 valence electrons. The Morgan fingerprint density at radius 1 is 0.882 bits per heavy atom. The molecule has 0 unspecified atom stereocenters. The van der Waals surface area contributed by atoms with E-state index in [0.29, 0.717) is 58.3 Å². The summed E-state index contributed by atoms with van der Waals surface area (Å²) in [6.45, 7) is 1.26. The highest BCUT2D eigenvalue weighted by Crippen LogP contribution is 2.33. The van der Waals surface area contributed by atoms with Crippen molar-refractivity contribution in [3.8, 4) is 5.69 Å². The number of urea groups is 1. The highest BCUT2D eigenvalue weighted by molar-refractivity contribution is 8.00. The lowest BCUT2D eigenvalue weighted by Gasteiger charge is -2.16. The zero-order chi connectivity index (χ0) is 35.7. The van der Waals surface area contributed by atoms with Gasteiger partial charge in [0.2, 0.25) is 17.6 Å². The first-order valence-electron chi connectivity index (χ1n) is 17.3. The minimum Gasteiger partial charge on any atom is -0.356 e. The predicted octanol–water partition coefficient (Wildman–Crippen LogP) is 4.17. The maximum atomic E-state index is 12.9. The van der Waals surface area contributed by atoms with Gasteiger partial charge in [-0.2, -0.15) is 11.8 Å². The van der Waals surface area contributed by atoms with E-state index in [1.807, 2.05) is 36.0 Å². The van der Waals surface area contributed by atoms with Crippen molar-refractivity contribution < 1.29 is 19.2 Å². The van der Waals surface area contributed by atoms with Crippen LogP contribution in [0.5, 0.6) is 0 Å². The molecule has 2 fully saturated rings. The SMILES string of the molecule is O=C(CCCC[C@@H]1SC[C@@H]2NC(=O)N[C@@H]21)NCCCCCC(=O)NCCNC(=O)c1nc2n(n1)-c1ccc(Cl)cc1C(c1ccccc1Cl)=NC2. The Bertz CT molecular complexity index is 1800. The summed E-state index contributed by atoms with van der Waals surface area (Å²) in [5.74, 6) is 0.933. The lowest BCUT2D eigenvalue weighted by atomic mass is 10.0. The number of halogens is 2. The third-order valence-electron chi connectivity index (χ3n) is 9.04. The second-order valence-corrected chi connectivity index (χ2v) is 14.8. The van der Waals surface area contributed by atoms with Crippen LogP contribution in [0, 0.1) is 0 Å². The number of fused-ring (bicyclic) bond motifs is 4. The second-order valence-electron chi connectivity index (χ2n) is 12.7. The van der Waals surface area contributed by atoms with E-state index in [1.165, 1.54) is 0 Å². The molecule has 16 heteroatoms. The van der Waals surface area contributed by atoms with Crippen molar-refractivity contribution in [1.82, 2.24) is 41.3 Å². The number of hydrogen-bond acceptors (Lipinski definition) is 8. The Morgan fingerprint density at radius 2 is 1.65 bits per heavy atom. The molecule has 2 aromatic carbocycles. The third-order valence-corrected chi connectivity index (χ3v) is 11.1. The maximum absolute atomic E-state index is 12.9. The first-order valence-corrected chi connectivity index (χ1v) is 19.1. The van der Waals surface area contributed by atoms with E-state index in [2.05, 4.69) is 36.7 Å². The number of carbonyl (C=O) groups excluding carboxylic acids is 4. The fourth-order valence-electron chi connectivity index (χ4n) is 6.46. The summed E-state index contributed by atoms with van der Waals surface area (Å²) in [7, 11) is 0. The van der Waals surface area contributed by atoms with Crippen LogP contribution < -0.4 is 26.6 Å². The summed E-state index contributed by atoms with van der Waals surface area (Å²) in [4.78, 5) is 58.1. The van der Waals surface area contributed by atoms with Crippen molar-refractivity contribution >= 4 is 64.4 Å². The van der Waals surface area contributed by atoms with Crippen molar-refractivity contribution in [2.45, 2.75) is 75.2 Å². The van der Waals surface area contributed by atoms with E-state index in [1.54, 1.807) is 22.9 Å². The number of nitrogens with zero attached hydrogens (tertiary/aromatic N) is 4. The molecule has 3 atom stereocenters. The van der Waals surface area contributed by atoms with Gasteiger partial charge in [-0.15, -0.1) is 5.10 Å². The molecule has 3 aliphatic heterocycles. The summed E-state index contributed by atoms with van der Waals surface area (Å²) in [5.41, 5.74) is 2.81. The Morgan fingerprint density at radius 3 is 2.47 bits per heavy atom. The van der Waals surface area contributed by atoms with E-state index >= 15 is 0 Å². The van der Waals surface area contributed by atoms with Crippen molar-refractivity contribution in [3.63, 3.8) is 0 Å². The topological polar surface area (TPSA) is 172 Å². The molecule has 51 heavy (non-hydrogen) atoms. The molecule has 3 aromatic rings. The molecule has 1 aromatic heterocycles. The summed E-state index contributed by atoms with van der Waals surface area (Å²) in [6, 6.07) is 13.1. The van der Waals surface area contributed by atoms with Crippen LogP contribution in [0.4, 0.5) is 4.79 Å². The van der Waals surface area contributed by atoms with Gasteiger partial charge in [-0.05, 0) is 49.9 Å². The van der Waals surface area contributed by atoms with Crippen LogP contribution in [0.25, 0.3) is 5.69 Å². The minimum atomic E-state index is -0.458. The highest BCUT2D eigenvalue weighted by Gasteiger charge is 2.42. The summed E-state index contributed by atoms with van der Waals surface area (Å²) in [5, 5.41) is 20.5. The molecule has 0 spiro atoms. The number of amides is 5. The number of aliphatic imine (C=N–C) groups is 1. The average molecular weight is 755 g/mol. The second kappa shape index (κ2) is 17.4. The van der Waals surface area contributed by atoms with Crippen molar-refractivity contribution in [1.29, 1.82) is 0 Å². The zero-order valence-corrected chi connectivity index (χ0v) is 30.4. The van der Waals surface area contributed by atoms with Gasteiger partial charge in [-0.25, -0.2) is 14.5 Å². The first kappa shape index (κ1) is 36.6. The predicted molar refractivity (Wildman–Crippen MR) is 198 cm³/mol. The Labute approximate surface area is 310 Å². The normalized spacial score (nSPS) is 18.7. The standard InChI is InChI=1S/C35H41Cl2N9O4S/c36-21-13-14-26-23(18-21)31(22-8-3-4-9-24(22)37)41-19-28-43-33(45-46(26)28)34(49)40-17-16-39-30(48)11-2-1-7-15-38-29(47)12-6-5-10-27-32-25(20-51-27)42-35(50)44-32/h3-4,8-9,13-14,18,25,27,32H,1-2,5-7,10-12,15-17,19-20H2,(H,38,47)(H,39,48)(H,40,49)(H2,42,44,50)/t25-,27-,32-/m0/s1. The van der Waals surface area contributed by atoms with Crippen molar-refractivity contribution in [2.75, 3.05) is 25.4 Å². The molecule has 5 amide bonds. The van der Waals surface area contributed by atoms with Gasteiger partial charge in [-0.3, -0.25) is 19.4 Å². The molecule has 5 N–H and O–H groups in total. The number of hydrogen-bond donors (Lipinski definition) is 5. The fourth-order valence-corrected chi connectivity index (χ4v) is 8.40.